The van der Waals surface area contributed by atoms with Gasteiger partial charge in [-0.1, -0.05) is 12.1 Å². The molecule has 8 heteroatoms. The minimum absolute atomic E-state index is 0.0257. The summed E-state index contributed by atoms with van der Waals surface area (Å²) in [4.78, 5) is 11.4. The second kappa shape index (κ2) is 9.60. The number of carbonyl (C=O) groups is 1. The summed E-state index contributed by atoms with van der Waals surface area (Å²) in [6.45, 7) is 6.76. The topological polar surface area (TPSA) is 68.6 Å². The van der Waals surface area contributed by atoms with Crippen molar-refractivity contribution in [1.29, 1.82) is 0 Å². The molecule has 3 aromatic rings. The smallest absolute Gasteiger partial charge is 0.243 e. The average Bonchev–Trinajstić information content (AvgIpc) is 3.12. The molecule has 0 bridgehead atoms. The van der Waals surface area contributed by atoms with E-state index in [0.717, 1.165) is 37.5 Å². The lowest BCUT2D eigenvalue weighted by molar-refractivity contribution is -0.108. The van der Waals surface area contributed by atoms with Crippen LogP contribution in [0, 0.1) is 10.5 Å². The zero-order chi connectivity index (χ0) is 23.8. The van der Waals surface area contributed by atoms with E-state index in [1.54, 1.807) is 18.2 Å². The number of rotatable bonds is 7. The number of ether oxygens (including phenoxy) is 1. The maximum atomic E-state index is 13.3. The number of hydrogen-bond acceptors (Lipinski definition) is 4. The third-order valence-electron chi connectivity index (χ3n) is 5.78. The molecule has 0 saturated heterocycles. The molecule has 4 rings (SSSR count). The van der Waals surface area contributed by atoms with E-state index >= 15 is 0 Å². The van der Waals surface area contributed by atoms with Crippen LogP contribution in [0.4, 0.5) is 0 Å². The van der Waals surface area contributed by atoms with Crippen LogP contribution in [-0.2, 0) is 21.4 Å². The molecule has 33 heavy (non-hydrogen) atoms. The summed E-state index contributed by atoms with van der Waals surface area (Å²) >= 11 is 2.27. The number of carbonyl (C=O) groups excluding carboxylic acids is 1. The molecule has 1 aliphatic heterocycles. The van der Waals surface area contributed by atoms with Crippen LogP contribution >= 0.6 is 22.6 Å². The van der Waals surface area contributed by atoms with Crippen molar-refractivity contribution < 1.29 is 17.9 Å². The molecule has 1 aromatic heterocycles. The van der Waals surface area contributed by atoms with E-state index < -0.39 is 10.0 Å². The van der Waals surface area contributed by atoms with Crippen molar-refractivity contribution in [3.8, 4) is 5.75 Å². The number of sulfonamides is 1. The molecule has 0 radical (unpaired) electrons. The molecular formula is C25H27IN2O4S. The number of hydrogen-bond donors (Lipinski definition) is 0. The summed E-state index contributed by atoms with van der Waals surface area (Å²) in [6.07, 6.45) is 5.52. The van der Waals surface area contributed by atoms with Crippen molar-refractivity contribution in [2.75, 3.05) is 13.1 Å². The van der Waals surface area contributed by atoms with Gasteiger partial charge in [0.15, 0.2) is 0 Å². The molecule has 0 N–H and O–H groups in total. The number of fused-ring (bicyclic) bond motifs is 1. The maximum Gasteiger partial charge on any atom is 0.243 e. The summed E-state index contributed by atoms with van der Waals surface area (Å²) in [5, 5.41) is 1.08. The second-order valence-corrected chi connectivity index (χ2v) is 11.6. The van der Waals surface area contributed by atoms with Gasteiger partial charge in [0.1, 0.15) is 12.0 Å². The number of halogens is 1. The van der Waals surface area contributed by atoms with Gasteiger partial charge < -0.3 is 14.1 Å². The van der Waals surface area contributed by atoms with Gasteiger partial charge in [0.05, 0.1) is 23.1 Å². The van der Waals surface area contributed by atoms with Crippen molar-refractivity contribution in [3.05, 3.63) is 63.4 Å². The third-order valence-corrected chi connectivity index (χ3v) is 8.31. The SMILES string of the molecule is Cc1cc(S(=O)(=O)N2CC=C(c3cn(CC=O)c4cc(I)ccc34)CC2)ccc1OC(C)C. The first-order chi connectivity index (χ1) is 15.7. The van der Waals surface area contributed by atoms with Crippen LogP contribution in [-0.4, -0.2) is 42.8 Å². The minimum atomic E-state index is -3.61. The number of aldehydes is 1. The standard InChI is InChI=1S/C25H27IN2O4S/c1-17(2)32-25-7-5-21(14-18(25)3)33(30,31)28-10-8-19(9-11-28)23-16-27(12-13-29)24-15-20(26)4-6-22(23)24/h4-8,13-17H,9-12H2,1-3H3. The fourth-order valence-electron chi connectivity index (χ4n) is 4.18. The van der Waals surface area contributed by atoms with Gasteiger partial charge in [-0.15, -0.1) is 0 Å². The summed E-state index contributed by atoms with van der Waals surface area (Å²) in [5.74, 6) is 0.700. The van der Waals surface area contributed by atoms with E-state index in [2.05, 4.69) is 34.7 Å². The highest BCUT2D eigenvalue weighted by atomic mass is 127. The molecule has 174 valence electrons. The van der Waals surface area contributed by atoms with Gasteiger partial charge in [-0.25, -0.2) is 8.42 Å². The third kappa shape index (κ3) is 4.88. The van der Waals surface area contributed by atoms with Crippen LogP contribution in [0.15, 0.2) is 53.6 Å². The van der Waals surface area contributed by atoms with E-state index in [4.69, 9.17) is 4.74 Å². The van der Waals surface area contributed by atoms with Crippen LogP contribution in [0.2, 0.25) is 0 Å². The van der Waals surface area contributed by atoms with Crippen LogP contribution in [0.3, 0.4) is 0 Å². The fourth-order valence-corrected chi connectivity index (χ4v) is 6.12. The van der Waals surface area contributed by atoms with Gasteiger partial charge in [0, 0.05) is 33.8 Å². The lowest BCUT2D eigenvalue weighted by Crippen LogP contribution is -2.34. The molecule has 0 fully saturated rings. The molecule has 6 nitrogen and oxygen atoms in total. The second-order valence-electron chi connectivity index (χ2n) is 8.46. The van der Waals surface area contributed by atoms with E-state index in [1.165, 1.54) is 4.31 Å². The zero-order valence-electron chi connectivity index (χ0n) is 18.9. The largest absolute Gasteiger partial charge is 0.491 e. The van der Waals surface area contributed by atoms with Crippen LogP contribution in [0.5, 0.6) is 5.75 Å². The van der Waals surface area contributed by atoms with Crippen molar-refractivity contribution in [2.45, 2.75) is 44.7 Å². The Morgan fingerprint density at radius 2 is 1.97 bits per heavy atom. The van der Waals surface area contributed by atoms with Crippen LogP contribution in [0.25, 0.3) is 16.5 Å². The lowest BCUT2D eigenvalue weighted by atomic mass is 10.00. The predicted molar refractivity (Wildman–Crippen MR) is 139 cm³/mol. The zero-order valence-corrected chi connectivity index (χ0v) is 21.9. The van der Waals surface area contributed by atoms with Gasteiger partial charge in [0.25, 0.3) is 0 Å². The Morgan fingerprint density at radius 1 is 1.18 bits per heavy atom. The molecular weight excluding hydrogens is 551 g/mol. The number of benzene rings is 2. The lowest BCUT2D eigenvalue weighted by Gasteiger charge is -2.26. The van der Waals surface area contributed by atoms with Gasteiger partial charge in [0.2, 0.25) is 10.0 Å². The molecule has 0 amide bonds. The van der Waals surface area contributed by atoms with Crippen molar-refractivity contribution in [3.63, 3.8) is 0 Å². The Labute approximate surface area is 208 Å². The number of aromatic nitrogens is 1. The van der Waals surface area contributed by atoms with Crippen molar-refractivity contribution >= 4 is 55.4 Å². The van der Waals surface area contributed by atoms with Gasteiger partial charge in [-0.3, -0.25) is 0 Å². The molecule has 2 aromatic carbocycles. The Balaban J connectivity index is 1.60. The monoisotopic (exact) mass is 578 g/mol. The minimum Gasteiger partial charge on any atom is -0.491 e. The first-order valence-corrected chi connectivity index (χ1v) is 13.4. The molecule has 1 aliphatic rings. The van der Waals surface area contributed by atoms with E-state index in [9.17, 15) is 13.2 Å². The molecule has 0 aliphatic carbocycles. The highest BCUT2D eigenvalue weighted by Crippen LogP contribution is 2.33. The Hall–Kier alpha value is -2.17. The summed E-state index contributed by atoms with van der Waals surface area (Å²) in [5.41, 5.74) is 3.98. The highest BCUT2D eigenvalue weighted by Gasteiger charge is 2.27. The van der Waals surface area contributed by atoms with Crippen LogP contribution in [0.1, 0.15) is 31.4 Å². The highest BCUT2D eigenvalue weighted by molar-refractivity contribution is 14.1. The molecule has 0 spiro atoms. The van der Waals surface area contributed by atoms with Crippen molar-refractivity contribution in [1.82, 2.24) is 8.87 Å². The first-order valence-electron chi connectivity index (χ1n) is 10.9. The first kappa shape index (κ1) is 24.0. The van der Waals surface area contributed by atoms with E-state index in [0.29, 0.717) is 31.8 Å². The quantitative estimate of drug-likeness (QED) is 0.292. The van der Waals surface area contributed by atoms with Crippen molar-refractivity contribution in [2.24, 2.45) is 0 Å². The van der Waals surface area contributed by atoms with Gasteiger partial charge in [-0.05, 0) is 91.3 Å². The van der Waals surface area contributed by atoms with Gasteiger partial charge >= 0.3 is 0 Å². The van der Waals surface area contributed by atoms with Crippen LogP contribution < -0.4 is 4.74 Å². The fraction of sp³-hybridized carbons (Fsp3) is 0.320. The normalized spacial score (nSPS) is 15.1. The molecule has 0 saturated carbocycles. The summed E-state index contributed by atoms with van der Waals surface area (Å²) in [6, 6.07) is 11.2. The molecule has 0 atom stereocenters. The Morgan fingerprint density at radius 3 is 2.61 bits per heavy atom. The summed E-state index contributed by atoms with van der Waals surface area (Å²) < 4.78 is 36.8. The predicted octanol–water partition coefficient (Wildman–Crippen LogP) is 5.02. The maximum absolute atomic E-state index is 13.3. The van der Waals surface area contributed by atoms with E-state index in [-0.39, 0.29) is 11.0 Å². The number of aryl methyl sites for hydroxylation is 1. The number of nitrogens with zero attached hydrogens (tertiary/aromatic N) is 2. The molecule has 0 unspecified atom stereocenters. The molecule has 2 heterocycles. The van der Waals surface area contributed by atoms with E-state index in [1.807, 2.05) is 43.7 Å². The average molecular weight is 578 g/mol. The van der Waals surface area contributed by atoms with Gasteiger partial charge in [-0.2, -0.15) is 4.31 Å². The Kier molecular flexibility index (Phi) is 6.97. The summed E-state index contributed by atoms with van der Waals surface area (Å²) in [7, 11) is -3.61. The Bertz CT molecular complexity index is 1340.